The van der Waals surface area contributed by atoms with Crippen LogP contribution in [-0.4, -0.2) is 0 Å². The van der Waals surface area contributed by atoms with Gasteiger partial charge in [-0.3, -0.25) is 0 Å². The van der Waals surface area contributed by atoms with Crippen molar-refractivity contribution >= 4 is 54.8 Å². The highest BCUT2D eigenvalue weighted by Crippen LogP contribution is 2.38. The van der Waals surface area contributed by atoms with Crippen LogP contribution in [0.4, 0.5) is 8.78 Å². The Morgan fingerprint density at radius 2 is 1.88 bits per heavy atom. The van der Waals surface area contributed by atoms with Crippen LogP contribution in [0.3, 0.4) is 0 Å². The van der Waals surface area contributed by atoms with Gasteiger partial charge in [-0.2, -0.15) is 0 Å². The molecule has 0 radical (unpaired) electrons. The second-order valence-corrected chi connectivity index (χ2v) is 6.81. The van der Waals surface area contributed by atoms with Gasteiger partial charge in [0.15, 0.2) is 0 Å². The Labute approximate surface area is 123 Å². The molecule has 90 valence electrons. The van der Waals surface area contributed by atoms with Crippen molar-refractivity contribution in [3.8, 4) is 0 Å². The van der Waals surface area contributed by atoms with Crippen molar-refractivity contribution < 1.29 is 8.78 Å². The second kappa shape index (κ2) is 5.34. The van der Waals surface area contributed by atoms with E-state index in [1.807, 2.05) is 0 Å². The fourth-order valence-electron chi connectivity index (χ4n) is 1.35. The summed E-state index contributed by atoms with van der Waals surface area (Å²) in [6.07, 6.45) is 0. The fourth-order valence-corrected chi connectivity index (χ4v) is 3.51. The largest absolute Gasteiger partial charge is 0.207 e. The summed E-state index contributed by atoms with van der Waals surface area (Å²) in [4.78, 5) is 0.429. The molecule has 1 unspecified atom stereocenters. The Morgan fingerprint density at radius 1 is 1.18 bits per heavy atom. The minimum absolute atomic E-state index is 0.114. The van der Waals surface area contributed by atoms with Crippen LogP contribution in [0, 0.1) is 11.6 Å². The molecule has 0 saturated carbocycles. The third kappa shape index (κ3) is 2.89. The Balaban J connectivity index is 2.43. The van der Waals surface area contributed by atoms with Crippen LogP contribution in [0.1, 0.15) is 15.3 Å². The van der Waals surface area contributed by atoms with E-state index in [4.69, 9.17) is 11.6 Å². The first kappa shape index (κ1) is 13.5. The van der Waals surface area contributed by atoms with Gasteiger partial charge in [-0.25, -0.2) is 8.78 Å². The summed E-state index contributed by atoms with van der Waals surface area (Å²) in [5.41, 5.74) is 0.254. The van der Waals surface area contributed by atoms with Gasteiger partial charge in [0.05, 0.1) is 13.6 Å². The zero-order valence-corrected chi connectivity index (χ0v) is 12.9. The molecule has 0 aliphatic carbocycles. The third-order valence-corrected chi connectivity index (χ3v) is 5.35. The molecule has 0 nitrogen and oxygen atoms in total. The number of benzene rings is 1. The van der Waals surface area contributed by atoms with Gasteiger partial charge in [-0.05, 0) is 40.2 Å². The minimum Gasteiger partial charge on any atom is -0.207 e. The molecule has 1 aromatic heterocycles. The van der Waals surface area contributed by atoms with Gasteiger partial charge in [0.1, 0.15) is 11.6 Å². The predicted molar refractivity (Wildman–Crippen MR) is 74.2 cm³/mol. The van der Waals surface area contributed by atoms with E-state index >= 15 is 0 Å². The van der Waals surface area contributed by atoms with Gasteiger partial charge < -0.3 is 0 Å². The van der Waals surface area contributed by atoms with Crippen molar-refractivity contribution in [3.05, 3.63) is 55.1 Å². The Kier molecular flexibility index (Phi) is 4.23. The first-order chi connectivity index (χ1) is 7.99. The van der Waals surface area contributed by atoms with Crippen molar-refractivity contribution in [3.63, 3.8) is 0 Å². The van der Waals surface area contributed by atoms with Gasteiger partial charge in [0.2, 0.25) is 0 Å². The molecule has 0 fully saturated rings. The van der Waals surface area contributed by atoms with E-state index < -0.39 is 16.5 Å². The van der Waals surface area contributed by atoms with Gasteiger partial charge >= 0.3 is 0 Å². The first-order valence-electron chi connectivity index (χ1n) is 4.53. The Hall–Kier alpha value is 0.0300. The lowest BCUT2D eigenvalue weighted by molar-refractivity contribution is 0.583. The minimum atomic E-state index is -0.492. The number of halogens is 5. The highest BCUT2D eigenvalue weighted by molar-refractivity contribution is 9.10. The summed E-state index contributed by atoms with van der Waals surface area (Å²) in [7, 11) is 0. The van der Waals surface area contributed by atoms with Crippen LogP contribution in [0.2, 0.25) is 4.34 Å². The maximum absolute atomic E-state index is 13.7. The van der Waals surface area contributed by atoms with Gasteiger partial charge in [0.25, 0.3) is 0 Å². The number of hydrogen-bond donors (Lipinski definition) is 0. The van der Waals surface area contributed by atoms with Gasteiger partial charge in [-0.15, -0.1) is 11.3 Å². The number of rotatable bonds is 2. The lowest BCUT2D eigenvalue weighted by Crippen LogP contribution is -1.96. The summed E-state index contributed by atoms with van der Waals surface area (Å²) < 4.78 is 27.8. The molecule has 2 rings (SSSR count). The SMILES string of the molecule is Fc1cc(C(Br)c2ccc(Cl)s2)c(F)cc1Br. The van der Waals surface area contributed by atoms with Crippen molar-refractivity contribution in [1.29, 1.82) is 0 Å². The summed E-state index contributed by atoms with van der Waals surface area (Å²) in [5, 5.41) is 0. The molecule has 0 N–H and O–H groups in total. The van der Waals surface area contributed by atoms with E-state index in [-0.39, 0.29) is 10.0 Å². The maximum atomic E-state index is 13.7. The molecular formula is C11H5Br2ClF2S. The highest BCUT2D eigenvalue weighted by Gasteiger charge is 2.18. The lowest BCUT2D eigenvalue weighted by Gasteiger charge is -2.10. The molecule has 0 saturated heterocycles. The molecule has 0 aliphatic heterocycles. The molecular weight excluding hydrogens is 397 g/mol. The third-order valence-electron chi connectivity index (χ3n) is 2.16. The van der Waals surface area contributed by atoms with Crippen molar-refractivity contribution in [1.82, 2.24) is 0 Å². The topological polar surface area (TPSA) is 0 Å². The zero-order chi connectivity index (χ0) is 12.6. The number of thiophene rings is 1. The van der Waals surface area contributed by atoms with E-state index in [9.17, 15) is 8.78 Å². The zero-order valence-electron chi connectivity index (χ0n) is 8.18. The molecule has 0 aliphatic rings. The first-order valence-corrected chi connectivity index (χ1v) is 7.43. The van der Waals surface area contributed by atoms with Crippen molar-refractivity contribution in [2.75, 3.05) is 0 Å². The van der Waals surface area contributed by atoms with Crippen LogP contribution in [0.5, 0.6) is 0 Å². The molecule has 17 heavy (non-hydrogen) atoms. The van der Waals surface area contributed by atoms with Crippen LogP contribution in [0.25, 0.3) is 0 Å². The Morgan fingerprint density at radius 3 is 2.47 bits per heavy atom. The average molecular weight is 402 g/mol. The molecule has 0 amide bonds. The Bertz CT molecular complexity index is 556. The van der Waals surface area contributed by atoms with E-state index in [1.165, 1.54) is 17.4 Å². The van der Waals surface area contributed by atoms with Crippen LogP contribution < -0.4 is 0 Å². The van der Waals surface area contributed by atoms with Crippen molar-refractivity contribution in [2.45, 2.75) is 4.83 Å². The number of alkyl halides is 1. The van der Waals surface area contributed by atoms with E-state index in [2.05, 4.69) is 31.9 Å². The lowest BCUT2D eigenvalue weighted by atomic mass is 10.1. The molecule has 1 aromatic carbocycles. The fraction of sp³-hybridized carbons (Fsp3) is 0.0909. The van der Waals surface area contributed by atoms with E-state index in [1.54, 1.807) is 12.1 Å². The molecule has 1 atom stereocenters. The summed E-state index contributed by atoms with van der Waals surface area (Å²) in [6.45, 7) is 0. The molecule has 0 bridgehead atoms. The van der Waals surface area contributed by atoms with Gasteiger partial charge in [-0.1, -0.05) is 27.5 Å². The van der Waals surface area contributed by atoms with E-state index in [0.29, 0.717) is 4.34 Å². The van der Waals surface area contributed by atoms with Crippen molar-refractivity contribution in [2.24, 2.45) is 0 Å². The molecule has 1 heterocycles. The quantitative estimate of drug-likeness (QED) is 0.432. The standard InChI is InChI=1S/C11H5Br2ClF2S/c12-6-4-7(15)5(3-8(6)16)11(13)9-1-2-10(14)17-9/h1-4,11H. The molecule has 0 spiro atoms. The summed E-state index contributed by atoms with van der Waals surface area (Å²) >= 11 is 13.4. The highest BCUT2D eigenvalue weighted by atomic mass is 79.9. The van der Waals surface area contributed by atoms with Crippen LogP contribution >= 0.6 is 54.8 Å². The van der Waals surface area contributed by atoms with Crippen LogP contribution in [-0.2, 0) is 0 Å². The monoisotopic (exact) mass is 400 g/mol. The summed E-state index contributed by atoms with van der Waals surface area (Å²) in [5.74, 6) is -0.960. The normalized spacial score (nSPS) is 12.8. The van der Waals surface area contributed by atoms with Gasteiger partial charge in [0, 0.05) is 10.4 Å². The second-order valence-electron chi connectivity index (χ2n) is 3.29. The average Bonchev–Trinajstić information content (AvgIpc) is 2.69. The van der Waals surface area contributed by atoms with E-state index in [0.717, 1.165) is 10.9 Å². The van der Waals surface area contributed by atoms with Crippen LogP contribution in [0.15, 0.2) is 28.7 Å². The number of hydrogen-bond acceptors (Lipinski definition) is 1. The maximum Gasteiger partial charge on any atom is 0.137 e. The smallest absolute Gasteiger partial charge is 0.137 e. The molecule has 2 aromatic rings. The molecule has 6 heteroatoms. The predicted octanol–water partition coefficient (Wildman–Crippen LogP) is 5.93. The summed E-state index contributed by atoms with van der Waals surface area (Å²) in [6, 6.07) is 5.80.